The lowest BCUT2D eigenvalue weighted by molar-refractivity contribution is -0.146. The molecule has 0 fully saturated rings. The van der Waals surface area contributed by atoms with E-state index in [0.717, 1.165) is 40.5 Å². The number of aromatic amines is 1. The van der Waals surface area contributed by atoms with Gasteiger partial charge < -0.3 is 20.4 Å². The smallest absolute Gasteiger partial charge is 0.419 e. The molecule has 240 valence electrons. The van der Waals surface area contributed by atoms with E-state index in [0.29, 0.717) is 53.5 Å². The molecule has 46 heavy (non-hydrogen) atoms. The molecule has 13 heteroatoms. The molecule has 5 aromatic rings. The zero-order chi connectivity index (χ0) is 32.7. The molecule has 3 N–H and O–H groups in total. The molecule has 3 aromatic heterocycles. The van der Waals surface area contributed by atoms with Crippen LogP contribution >= 0.6 is 0 Å². The van der Waals surface area contributed by atoms with Gasteiger partial charge in [-0.2, -0.15) is 18.3 Å². The highest BCUT2D eigenvalue weighted by Gasteiger charge is 2.34. The third-order valence-corrected chi connectivity index (χ3v) is 8.32. The van der Waals surface area contributed by atoms with Crippen molar-refractivity contribution >= 4 is 22.8 Å². The van der Waals surface area contributed by atoms with E-state index in [1.165, 1.54) is 13.0 Å². The van der Waals surface area contributed by atoms with Gasteiger partial charge in [-0.25, -0.2) is 19.0 Å². The van der Waals surface area contributed by atoms with Crippen molar-refractivity contribution in [2.75, 3.05) is 11.4 Å². The van der Waals surface area contributed by atoms with Gasteiger partial charge in [0.2, 0.25) is 5.95 Å². The number of carbonyl (C=O) groups excluding carboxylic acids is 1. The zero-order valence-corrected chi connectivity index (χ0v) is 25.6. The maximum atomic E-state index is 16.5. The number of nitrogens with zero attached hydrogens (tertiary/aromatic N) is 5. The molecule has 0 spiro atoms. The Morgan fingerprint density at radius 2 is 1.80 bits per heavy atom. The molecule has 0 unspecified atom stereocenters. The van der Waals surface area contributed by atoms with E-state index >= 15 is 4.39 Å². The Balaban J connectivity index is 1.54. The van der Waals surface area contributed by atoms with Crippen LogP contribution in [0.5, 0.6) is 0 Å². The van der Waals surface area contributed by atoms with E-state index < -0.39 is 29.6 Å². The first-order chi connectivity index (χ1) is 22.0. The molecule has 0 bridgehead atoms. The molecule has 0 aliphatic carbocycles. The summed E-state index contributed by atoms with van der Waals surface area (Å²) < 4.78 is 63.3. The van der Waals surface area contributed by atoms with Crippen LogP contribution in [0, 0.1) is 5.82 Å². The number of carbonyl (C=O) groups is 1. The van der Waals surface area contributed by atoms with E-state index in [1.807, 2.05) is 36.7 Å². The van der Waals surface area contributed by atoms with Crippen molar-refractivity contribution in [3.63, 3.8) is 0 Å². The monoisotopic (exact) mass is 635 g/mol. The predicted molar refractivity (Wildman–Crippen MR) is 165 cm³/mol. The maximum Gasteiger partial charge on any atom is 0.419 e. The Hall–Kier alpha value is -4.78. The van der Waals surface area contributed by atoms with Gasteiger partial charge in [0.1, 0.15) is 18.5 Å². The zero-order valence-electron chi connectivity index (χ0n) is 25.6. The van der Waals surface area contributed by atoms with Gasteiger partial charge in [-0.3, -0.25) is 4.79 Å². The number of ether oxygens (including phenoxy) is 1. The molecule has 0 radical (unpaired) electrons. The number of H-pyrrole nitrogens is 1. The first-order valence-electron chi connectivity index (χ1n) is 15.1. The number of benzene rings is 2. The summed E-state index contributed by atoms with van der Waals surface area (Å²) in [7, 11) is 0. The molecule has 1 aliphatic rings. The first-order valence-corrected chi connectivity index (χ1v) is 15.1. The van der Waals surface area contributed by atoms with E-state index in [9.17, 15) is 18.0 Å². The van der Waals surface area contributed by atoms with Crippen LogP contribution in [0.4, 0.5) is 23.5 Å². The Morgan fingerprint density at radius 1 is 1.11 bits per heavy atom. The summed E-state index contributed by atoms with van der Waals surface area (Å²) in [5.41, 5.74) is 11.0. The second kappa shape index (κ2) is 12.2. The van der Waals surface area contributed by atoms with Crippen molar-refractivity contribution in [1.29, 1.82) is 0 Å². The summed E-state index contributed by atoms with van der Waals surface area (Å²) in [6.45, 7) is 6.05. The third kappa shape index (κ3) is 5.59. The number of anilines is 1. The van der Waals surface area contributed by atoms with Gasteiger partial charge >= 0.3 is 12.1 Å². The molecule has 0 saturated carbocycles. The molecule has 6 rings (SSSR count). The van der Waals surface area contributed by atoms with Gasteiger partial charge in [0.15, 0.2) is 0 Å². The van der Waals surface area contributed by atoms with Crippen molar-refractivity contribution < 1.29 is 27.1 Å². The molecule has 4 heterocycles. The summed E-state index contributed by atoms with van der Waals surface area (Å²) >= 11 is 0. The van der Waals surface area contributed by atoms with Gasteiger partial charge in [-0.15, -0.1) is 0 Å². The lowest BCUT2D eigenvalue weighted by Crippen LogP contribution is -2.31. The van der Waals surface area contributed by atoms with Gasteiger partial charge in [0.25, 0.3) is 0 Å². The van der Waals surface area contributed by atoms with Crippen LogP contribution in [0.25, 0.3) is 27.8 Å². The minimum Gasteiger partial charge on any atom is -0.460 e. The second-order valence-electron chi connectivity index (χ2n) is 11.3. The van der Waals surface area contributed by atoms with Gasteiger partial charge in [0.05, 0.1) is 28.2 Å². The summed E-state index contributed by atoms with van der Waals surface area (Å²) in [4.78, 5) is 25.1. The molecule has 1 atom stereocenters. The number of hydrogen-bond donors (Lipinski definition) is 2. The van der Waals surface area contributed by atoms with Crippen LogP contribution < -0.4 is 10.6 Å². The van der Waals surface area contributed by atoms with Gasteiger partial charge in [-0.1, -0.05) is 32.0 Å². The lowest BCUT2D eigenvalue weighted by atomic mass is 9.95. The highest BCUT2D eigenvalue weighted by atomic mass is 19.4. The highest BCUT2D eigenvalue weighted by molar-refractivity contribution is 5.98. The maximum absolute atomic E-state index is 16.5. The summed E-state index contributed by atoms with van der Waals surface area (Å²) in [6.07, 6.45) is 0.545. The molecular formula is C33H33F4N7O2. The number of esters is 1. The Morgan fingerprint density at radius 3 is 2.43 bits per heavy atom. The third-order valence-electron chi connectivity index (χ3n) is 8.32. The van der Waals surface area contributed by atoms with Crippen LogP contribution in [-0.2, 0) is 48.1 Å². The fraction of sp³-hybridized carbons (Fsp3) is 0.333. The molecule has 0 amide bonds. The molecule has 2 aromatic carbocycles. The van der Waals surface area contributed by atoms with Crippen LogP contribution in [0.1, 0.15) is 54.3 Å². The number of alkyl halides is 3. The summed E-state index contributed by atoms with van der Waals surface area (Å²) in [5, 5.41) is 5.62. The van der Waals surface area contributed by atoms with Crippen molar-refractivity contribution in [3.8, 4) is 16.9 Å². The van der Waals surface area contributed by atoms with Crippen molar-refractivity contribution in [1.82, 2.24) is 24.7 Å². The van der Waals surface area contributed by atoms with Crippen LogP contribution in [0.3, 0.4) is 0 Å². The minimum absolute atomic E-state index is 0.138. The van der Waals surface area contributed by atoms with Crippen molar-refractivity contribution in [2.45, 2.75) is 65.4 Å². The van der Waals surface area contributed by atoms with Crippen molar-refractivity contribution in [3.05, 3.63) is 88.3 Å². The number of rotatable bonds is 8. The second-order valence-corrected chi connectivity index (χ2v) is 11.3. The standard InChI is InChI=1S/C33H33F4N7O2/c1-4-19-7-6-8-20(5-2)29(19)44-30(27-23-9-11-39-28(23)21(13-25(27)34)17-46-31(45)18(3)38)24-16-43(12-10-26(24)42-44)32-40-14-22(15-41-32)33(35,36)37/h6-9,11,13-15,18,39H,4-5,10,12,16-17,38H2,1-3H3/t18-/m0/s1. The quantitative estimate of drug-likeness (QED) is 0.158. The Labute approximate surface area is 262 Å². The number of hydrogen-bond acceptors (Lipinski definition) is 7. The molecule has 1 aliphatic heterocycles. The number of para-hydroxylation sites is 1. The summed E-state index contributed by atoms with van der Waals surface area (Å²) in [6, 6.07) is 8.33. The largest absolute Gasteiger partial charge is 0.460 e. The molecular weight excluding hydrogens is 602 g/mol. The number of nitrogens with two attached hydrogens (primary N) is 1. The number of nitrogens with one attached hydrogen (secondary N) is 1. The van der Waals surface area contributed by atoms with E-state index in [4.69, 9.17) is 15.6 Å². The normalized spacial score (nSPS) is 14.0. The number of fused-ring (bicyclic) bond motifs is 2. The lowest BCUT2D eigenvalue weighted by Gasteiger charge is -2.27. The number of aryl methyl sites for hydroxylation is 2. The SMILES string of the molecule is CCc1cccc(CC)c1-n1nc2c(c1-c1c(F)cc(COC(=O)[C@H](C)N)c3[nH]ccc13)CN(c1ncc(C(F)(F)F)cn1)CC2. The fourth-order valence-corrected chi connectivity index (χ4v) is 5.98. The Bertz CT molecular complexity index is 1890. The van der Waals surface area contributed by atoms with E-state index in [1.54, 1.807) is 17.2 Å². The average Bonchev–Trinajstić information content (AvgIpc) is 3.68. The number of halogens is 4. The minimum atomic E-state index is -4.56. The van der Waals surface area contributed by atoms with Gasteiger partial charge in [-0.05, 0) is 43.0 Å². The fourth-order valence-electron chi connectivity index (χ4n) is 5.98. The van der Waals surface area contributed by atoms with E-state index in [-0.39, 0.29) is 19.1 Å². The topological polar surface area (TPSA) is 115 Å². The average molecular weight is 636 g/mol. The first kappa shape index (κ1) is 31.2. The van der Waals surface area contributed by atoms with Crippen LogP contribution in [0.2, 0.25) is 0 Å². The van der Waals surface area contributed by atoms with E-state index in [2.05, 4.69) is 15.0 Å². The predicted octanol–water partition coefficient (Wildman–Crippen LogP) is 6.05. The molecule has 9 nitrogen and oxygen atoms in total. The molecule has 0 saturated heterocycles. The number of aromatic nitrogens is 5. The highest BCUT2D eigenvalue weighted by Crippen LogP contribution is 2.41. The Kier molecular flexibility index (Phi) is 8.28. The van der Waals surface area contributed by atoms with Crippen LogP contribution in [-0.4, -0.2) is 43.3 Å². The van der Waals surface area contributed by atoms with Crippen LogP contribution in [0.15, 0.2) is 48.9 Å². The van der Waals surface area contributed by atoms with Crippen molar-refractivity contribution in [2.24, 2.45) is 5.73 Å². The van der Waals surface area contributed by atoms with Gasteiger partial charge in [0, 0.05) is 60.2 Å². The summed E-state index contributed by atoms with van der Waals surface area (Å²) in [5.74, 6) is -1.01.